The number of nitrogens with zero attached hydrogens (tertiary/aromatic N) is 4. The standard InChI is InChI=1S/C16H16F2N6.CH4O/c1-9-16(17,18)4-7-24(9)12-3-6-20-14-13(12)10(8-22-14)11-2-5-21-15(19)23-11;1-2/h2-3,5-6,8-9H,4,7H2,1H3,(H,20,22)(H2,19,21,23);2H,1H3/t9-;/m1./s1. The van der Waals surface area contributed by atoms with Crippen molar-refractivity contribution in [2.75, 3.05) is 24.3 Å². The van der Waals surface area contributed by atoms with E-state index >= 15 is 0 Å². The van der Waals surface area contributed by atoms with Gasteiger partial charge in [0.1, 0.15) is 5.65 Å². The summed E-state index contributed by atoms with van der Waals surface area (Å²) in [5.41, 5.74) is 8.41. The molecule has 3 aromatic heterocycles. The van der Waals surface area contributed by atoms with Crippen molar-refractivity contribution in [2.45, 2.75) is 25.3 Å². The summed E-state index contributed by atoms with van der Waals surface area (Å²) in [4.78, 5) is 17.2. The highest BCUT2D eigenvalue weighted by atomic mass is 19.3. The van der Waals surface area contributed by atoms with Crippen LogP contribution in [0.3, 0.4) is 0 Å². The molecule has 7 nitrogen and oxygen atoms in total. The van der Waals surface area contributed by atoms with E-state index in [0.29, 0.717) is 17.9 Å². The van der Waals surface area contributed by atoms with Crippen molar-refractivity contribution in [3.63, 3.8) is 0 Å². The maximum absolute atomic E-state index is 14.0. The van der Waals surface area contributed by atoms with Crippen LogP contribution in [0.4, 0.5) is 20.4 Å². The summed E-state index contributed by atoms with van der Waals surface area (Å²) in [6.45, 7) is 1.85. The molecule has 0 aliphatic carbocycles. The Morgan fingerprint density at radius 2 is 2.00 bits per heavy atom. The summed E-state index contributed by atoms with van der Waals surface area (Å²) >= 11 is 0. The number of halogens is 2. The number of rotatable bonds is 2. The van der Waals surface area contributed by atoms with Crippen LogP contribution < -0.4 is 10.6 Å². The van der Waals surface area contributed by atoms with Crippen LogP contribution >= 0.6 is 0 Å². The Kier molecular flexibility index (Phi) is 4.73. The molecule has 1 atom stereocenters. The second-order valence-corrected chi connectivity index (χ2v) is 5.94. The molecule has 4 rings (SSSR count). The first-order chi connectivity index (χ1) is 12.5. The third-order valence-electron chi connectivity index (χ3n) is 4.58. The molecule has 26 heavy (non-hydrogen) atoms. The van der Waals surface area contributed by atoms with Crippen molar-refractivity contribution in [3.8, 4) is 11.3 Å². The van der Waals surface area contributed by atoms with Crippen molar-refractivity contribution in [1.29, 1.82) is 0 Å². The van der Waals surface area contributed by atoms with Gasteiger partial charge in [0.2, 0.25) is 5.95 Å². The lowest BCUT2D eigenvalue weighted by molar-refractivity contribution is -0.00175. The second-order valence-electron chi connectivity index (χ2n) is 5.94. The predicted octanol–water partition coefficient (Wildman–Crippen LogP) is 2.44. The van der Waals surface area contributed by atoms with Crippen LogP contribution in [0.15, 0.2) is 30.7 Å². The van der Waals surface area contributed by atoms with Gasteiger partial charge in [-0.2, -0.15) is 0 Å². The summed E-state index contributed by atoms with van der Waals surface area (Å²) in [5.74, 6) is -2.54. The average Bonchev–Trinajstić information content (AvgIpc) is 3.18. The van der Waals surface area contributed by atoms with Crippen LogP contribution in [-0.2, 0) is 0 Å². The molecule has 3 aromatic rings. The number of H-pyrrole nitrogens is 1. The van der Waals surface area contributed by atoms with E-state index in [-0.39, 0.29) is 12.4 Å². The molecule has 0 bridgehead atoms. The topological polar surface area (TPSA) is 104 Å². The molecule has 1 saturated heterocycles. The number of hydrogen-bond donors (Lipinski definition) is 3. The molecule has 0 amide bonds. The predicted molar refractivity (Wildman–Crippen MR) is 96.0 cm³/mol. The van der Waals surface area contributed by atoms with E-state index in [0.717, 1.165) is 23.7 Å². The number of aliphatic hydroxyl groups excluding tert-OH is 1. The van der Waals surface area contributed by atoms with Gasteiger partial charge in [-0.05, 0) is 19.1 Å². The summed E-state index contributed by atoms with van der Waals surface area (Å²) in [7, 11) is 1.00. The maximum Gasteiger partial charge on any atom is 0.269 e. The van der Waals surface area contributed by atoms with E-state index in [2.05, 4.69) is 19.9 Å². The van der Waals surface area contributed by atoms with Crippen LogP contribution in [0.2, 0.25) is 0 Å². The number of fused-ring (bicyclic) bond motifs is 1. The summed E-state index contributed by atoms with van der Waals surface area (Å²) in [6.07, 6.45) is 4.80. The monoisotopic (exact) mass is 362 g/mol. The molecular weight excluding hydrogens is 342 g/mol. The number of hydrogen-bond acceptors (Lipinski definition) is 6. The normalized spacial score (nSPS) is 18.7. The molecule has 1 aliphatic heterocycles. The fraction of sp³-hybridized carbons (Fsp3) is 0.353. The molecule has 0 saturated carbocycles. The highest BCUT2D eigenvalue weighted by Crippen LogP contribution is 2.41. The first-order valence-electron chi connectivity index (χ1n) is 8.11. The van der Waals surface area contributed by atoms with Crippen molar-refractivity contribution < 1.29 is 13.9 Å². The molecule has 4 N–H and O–H groups in total. The Morgan fingerprint density at radius 3 is 2.65 bits per heavy atom. The lowest BCUT2D eigenvalue weighted by Crippen LogP contribution is -2.36. The number of alkyl halides is 2. The third-order valence-corrected chi connectivity index (χ3v) is 4.58. The minimum Gasteiger partial charge on any atom is -0.400 e. The Hall–Kier alpha value is -2.81. The second kappa shape index (κ2) is 6.83. The molecule has 0 aromatic carbocycles. The first-order valence-corrected chi connectivity index (χ1v) is 8.11. The van der Waals surface area contributed by atoms with Gasteiger partial charge >= 0.3 is 0 Å². The SMILES string of the molecule is CO.C[C@H]1N(c2ccnc3[nH]cc(-c4ccnc(N)n4)c23)CCC1(F)F. The summed E-state index contributed by atoms with van der Waals surface area (Å²) < 4.78 is 27.9. The van der Waals surface area contributed by atoms with E-state index in [1.807, 2.05) is 0 Å². The van der Waals surface area contributed by atoms with Gasteiger partial charge in [0.05, 0.1) is 22.8 Å². The largest absolute Gasteiger partial charge is 0.400 e. The molecule has 4 heterocycles. The van der Waals surface area contributed by atoms with Crippen molar-refractivity contribution in [1.82, 2.24) is 19.9 Å². The Bertz CT molecular complexity index is 913. The van der Waals surface area contributed by atoms with Gasteiger partial charge in [-0.15, -0.1) is 0 Å². The van der Waals surface area contributed by atoms with E-state index < -0.39 is 12.0 Å². The Labute approximate surface area is 148 Å². The van der Waals surface area contributed by atoms with Gasteiger partial charge in [0, 0.05) is 44.2 Å². The molecular formula is C17H20F2N6O. The molecule has 0 unspecified atom stereocenters. The molecule has 138 valence electrons. The fourth-order valence-electron chi connectivity index (χ4n) is 3.23. The maximum atomic E-state index is 14.0. The first kappa shape index (κ1) is 18.0. The average molecular weight is 362 g/mol. The highest BCUT2D eigenvalue weighted by molar-refractivity contribution is 6.02. The number of aliphatic hydroxyl groups is 1. The minimum absolute atomic E-state index is 0.155. The smallest absolute Gasteiger partial charge is 0.269 e. The van der Waals surface area contributed by atoms with Gasteiger partial charge in [-0.1, -0.05) is 0 Å². The zero-order valence-electron chi connectivity index (χ0n) is 14.4. The van der Waals surface area contributed by atoms with Gasteiger partial charge in [-0.3, -0.25) is 0 Å². The van der Waals surface area contributed by atoms with Crippen LogP contribution in [0, 0.1) is 0 Å². The zero-order valence-corrected chi connectivity index (χ0v) is 14.4. The quantitative estimate of drug-likeness (QED) is 0.647. The van der Waals surface area contributed by atoms with Crippen molar-refractivity contribution in [2.24, 2.45) is 0 Å². The van der Waals surface area contributed by atoms with Gasteiger partial charge in [0.15, 0.2) is 0 Å². The zero-order chi connectivity index (χ0) is 18.9. The Balaban J connectivity index is 0.000000948. The number of anilines is 2. The Morgan fingerprint density at radius 1 is 1.27 bits per heavy atom. The third kappa shape index (κ3) is 2.94. The van der Waals surface area contributed by atoms with Crippen LogP contribution in [0.5, 0.6) is 0 Å². The van der Waals surface area contributed by atoms with Gasteiger partial charge in [0.25, 0.3) is 5.92 Å². The fourth-order valence-corrected chi connectivity index (χ4v) is 3.23. The lowest BCUT2D eigenvalue weighted by atomic mass is 10.1. The van der Waals surface area contributed by atoms with E-state index in [1.54, 1.807) is 42.5 Å². The van der Waals surface area contributed by atoms with Crippen LogP contribution in [-0.4, -0.2) is 50.7 Å². The number of nitrogen functional groups attached to an aromatic ring is 1. The lowest BCUT2D eigenvalue weighted by Gasteiger charge is -2.26. The summed E-state index contributed by atoms with van der Waals surface area (Å²) in [5, 5.41) is 7.76. The highest BCUT2D eigenvalue weighted by Gasteiger charge is 2.46. The minimum atomic E-state index is -2.70. The molecule has 0 spiro atoms. The van der Waals surface area contributed by atoms with Gasteiger partial charge in [-0.25, -0.2) is 23.7 Å². The van der Waals surface area contributed by atoms with Gasteiger partial charge < -0.3 is 20.7 Å². The van der Waals surface area contributed by atoms with Crippen LogP contribution in [0.1, 0.15) is 13.3 Å². The van der Waals surface area contributed by atoms with E-state index in [1.165, 1.54) is 0 Å². The van der Waals surface area contributed by atoms with Crippen LogP contribution in [0.25, 0.3) is 22.3 Å². The van der Waals surface area contributed by atoms with E-state index in [4.69, 9.17) is 10.8 Å². The van der Waals surface area contributed by atoms with Crippen molar-refractivity contribution in [3.05, 3.63) is 30.7 Å². The number of nitrogens with two attached hydrogens (primary N) is 1. The molecule has 1 fully saturated rings. The number of aromatic nitrogens is 4. The number of nitrogens with one attached hydrogen (secondary N) is 1. The molecule has 9 heteroatoms. The van der Waals surface area contributed by atoms with E-state index in [9.17, 15) is 8.78 Å². The van der Waals surface area contributed by atoms with Crippen molar-refractivity contribution >= 4 is 22.7 Å². The molecule has 0 radical (unpaired) electrons. The number of aromatic amines is 1. The molecule has 1 aliphatic rings. The summed E-state index contributed by atoms with van der Waals surface area (Å²) in [6, 6.07) is 2.63. The number of pyridine rings is 1.